The SMILES string of the molecule is Cc1cc(OCC(F)(F)c2ccccc2)c(F)cc1N. The molecule has 0 atom stereocenters. The molecule has 0 heterocycles. The van der Waals surface area contributed by atoms with Crippen molar-refractivity contribution in [2.75, 3.05) is 12.3 Å². The molecule has 20 heavy (non-hydrogen) atoms. The maximum absolute atomic E-state index is 13.9. The van der Waals surface area contributed by atoms with Crippen LogP contribution in [-0.2, 0) is 5.92 Å². The number of nitrogen functional groups attached to an aromatic ring is 1. The first-order chi connectivity index (χ1) is 9.40. The van der Waals surface area contributed by atoms with Crippen LogP contribution in [0.3, 0.4) is 0 Å². The van der Waals surface area contributed by atoms with Crippen molar-refractivity contribution in [3.8, 4) is 5.75 Å². The van der Waals surface area contributed by atoms with Crippen LogP contribution < -0.4 is 10.5 Å². The molecule has 0 saturated carbocycles. The van der Waals surface area contributed by atoms with Gasteiger partial charge in [-0.3, -0.25) is 0 Å². The maximum Gasteiger partial charge on any atom is 0.306 e. The van der Waals surface area contributed by atoms with Gasteiger partial charge in [-0.05, 0) is 18.6 Å². The molecular weight excluding hydrogens is 267 g/mol. The lowest BCUT2D eigenvalue weighted by Crippen LogP contribution is -2.23. The zero-order valence-electron chi connectivity index (χ0n) is 10.9. The Morgan fingerprint density at radius 2 is 1.80 bits per heavy atom. The Morgan fingerprint density at radius 1 is 1.15 bits per heavy atom. The van der Waals surface area contributed by atoms with Crippen LogP contribution >= 0.6 is 0 Å². The molecule has 0 unspecified atom stereocenters. The summed E-state index contributed by atoms with van der Waals surface area (Å²) in [5.74, 6) is -4.17. The lowest BCUT2D eigenvalue weighted by molar-refractivity contribution is -0.0475. The number of hydrogen-bond acceptors (Lipinski definition) is 2. The van der Waals surface area contributed by atoms with Gasteiger partial charge in [0.1, 0.15) is 0 Å². The molecular formula is C15H14F3NO. The van der Waals surface area contributed by atoms with Crippen molar-refractivity contribution in [3.05, 3.63) is 59.4 Å². The second kappa shape index (κ2) is 5.45. The van der Waals surface area contributed by atoms with Gasteiger partial charge in [0, 0.05) is 17.3 Å². The van der Waals surface area contributed by atoms with Gasteiger partial charge in [-0.25, -0.2) is 4.39 Å². The summed E-state index contributed by atoms with van der Waals surface area (Å²) in [4.78, 5) is 0. The quantitative estimate of drug-likeness (QED) is 0.863. The Kier molecular flexibility index (Phi) is 3.88. The Balaban J connectivity index is 2.14. The molecule has 0 aliphatic rings. The van der Waals surface area contributed by atoms with E-state index in [9.17, 15) is 13.2 Å². The second-order valence-corrected chi connectivity index (χ2v) is 4.50. The number of ether oxygens (including phenoxy) is 1. The minimum atomic E-state index is -3.19. The number of benzene rings is 2. The van der Waals surface area contributed by atoms with Crippen LogP contribution in [0.5, 0.6) is 5.75 Å². The van der Waals surface area contributed by atoms with E-state index in [0.717, 1.165) is 6.07 Å². The topological polar surface area (TPSA) is 35.2 Å². The van der Waals surface area contributed by atoms with Gasteiger partial charge in [0.05, 0.1) is 0 Å². The van der Waals surface area contributed by atoms with E-state index in [-0.39, 0.29) is 17.0 Å². The molecule has 0 fully saturated rings. The van der Waals surface area contributed by atoms with Crippen molar-refractivity contribution < 1.29 is 17.9 Å². The lowest BCUT2D eigenvalue weighted by Gasteiger charge is -2.18. The molecule has 2 aromatic carbocycles. The average molecular weight is 281 g/mol. The molecule has 106 valence electrons. The summed E-state index contributed by atoms with van der Waals surface area (Å²) in [6, 6.07) is 9.64. The fourth-order valence-corrected chi connectivity index (χ4v) is 1.71. The molecule has 2 aromatic rings. The van der Waals surface area contributed by atoms with Crippen molar-refractivity contribution in [1.29, 1.82) is 0 Å². The van der Waals surface area contributed by atoms with Gasteiger partial charge < -0.3 is 10.5 Å². The highest BCUT2D eigenvalue weighted by Gasteiger charge is 2.32. The van der Waals surface area contributed by atoms with Crippen LogP contribution in [0.2, 0.25) is 0 Å². The van der Waals surface area contributed by atoms with E-state index in [1.54, 1.807) is 13.0 Å². The van der Waals surface area contributed by atoms with Crippen LogP contribution in [0.15, 0.2) is 42.5 Å². The summed E-state index contributed by atoms with van der Waals surface area (Å²) in [5.41, 5.74) is 6.17. The third-order valence-electron chi connectivity index (χ3n) is 2.93. The number of halogens is 3. The van der Waals surface area contributed by atoms with Gasteiger partial charge in [-0.15, -0.1) is 0 Å². The van der Waals surface area contributed by atoms with Crippen LogP contribution in [-0.4, -0.2) is 6.61 Å². The minimum Gasteiger partial charge on any atom is -0.484 e. The van der Waals surface area contributed by atoms with Gasteiger partial charge >= 0.3 is 5.92 Å². The van der Waals surface area contributed by atoms with E-state index in [2.05, 4.69) is 0 Å². The highest BCUT2D eigenvalue weighted by Crippen LogP contribution is 2.30. The zero-order valence-corrected chi connectivity index (χ0v) is 10.9. The third-order valence-corrected chi connectivity index (χ3v) is 2.93. The Hall–Kier alpha value is -2.17. The van der Waals surface area contributed by atoms with Crippen molar-refractivity contribution in [2.24, 2.45) is 0 Å². The Bertz CT molecular complexity index is 600. The summed E-state index contributed by atoms with van der Waals surface area (Å²) in [6.07, 6.45) is 0. The normalized spacial score (nSPS) is 11.4. The number of aryl methyl sites for hydroxylation is 1. The number of alkyl halides is 2. The predicted molar refractivity (Wildman–Crippen MR) is 71.4 cm³/mol. The highest BCUT2D eigenvalue weighted by molar-refractivity contribution is 5.50. The Morgan fingerprint density at radius 3 is 2.45 bits per heavy atom. The Labute approximate surface area is 115 Å². The number of anilines is 1. The second-order valence-electron chi connectivity index (χ2n) is 4.50. The van der Waals surface area contributed by atoms with Crippen molar-refractivity contribution in [3.63, 3.8) is 0 Å². The van der Waals surface area contributed by atoms with Crippen LogP contribution in [0.4, 0.5) is 18.9 Å². The largest absolute Gasteiger partial charge is 0.484 e. The minimum absolute atomic E-state index is 0.174. The lowest BCUT2D eigenvalue weighted by atomic mass is 10.1. The molecule has 0 aliphatic heterocycles. The van der Waals surface area contributed by atoms with E-state index in [1.807, 2.05) is 0 Å². The van der Waals surface area contributed by atoms with Crippen molar-refractivity contribution in [2.45, 2.75) is 12.8 Å². The first kappa shape index (κ1) is 14.2. The van der Waals surface area contributed by atoms with Crippen LogP contribution in [0.25, 0.3) is 0 Å². The molecule has 2 rings (SSSR count). The first-order valence-corrected chi connectivity index (χ1v) is 6.02. The molecule has 0 radical (unpaired) electrons. The summed E-state index contributed by atoms with van der Waals surface area (Å²) in [6.45, 7) is 0.717. The number of nitrogens with two attached hydrogens (primary N) is 1. The van der Waals surface area contributed by atoms with E-state index in [4.69, 9.17) is 10.5 Å². The summed E-state index contributed by atoms with van der Waals surface area (Å²) < 4.78 is 46.2. The molecule has 0 saturated heterocycles. The smallest absolute Gasteiger partial charge is 0.306 e. The van der Waals surface area contributed by atoms with Gasteiger partial charge in [0.15, 0.2) is 18.2 Å². The average Bonchev–Trinajstić information content (AvgIpc) is 2.42. The van der Waals surface area contributed by atoms with Gasteiger partial charge in [-0.1, -0.05) is 30.3 Å². The summed E-state index contributed by atoms with van der Waals surface area (Å²) in [5, 5.41) is 0. The fraction of sp³-hybridized carbons (Fsp3) is 0.200. The first-order valence-electron chi connectivity index (χ1n) is 6.02. The van der Waals surface area contributed by atoms with E-state index < -0.39 is 18.3 Å². The molecule has 2 N–H and O–H groups in total. The zero-order chi connectivity index (χ0) is 14.8. The molecule has 0 aliphatic carbocycles. The molecule has 0 spiro atoms. The highest BCUT2D eigenvalue weighted by atomic mass is 19.3. The molecule has 5 heteroatoms. The standard InChI is InChI=1S/C15H14F3NO/c1-10-7-14(12(16)8-13(10)19)20-9-15(17,18)11-5-3-2-4-6-11/h2-8H,9,19H2,1H3. The fourth-order valence-electron chi connectivity index (χ4n) is 1.71. The van der Waals surface area contributed by atoms with Crippen LogP contribution in [0.1, 0.15) is 11.1 Å². The van der Waals surface area contributed by atoms with Gasteiger partial charge in [-0.2, -0.15) is 8.78 Å². The number of rotatable bonds is 4. The summed E-state index contributed by atoms with van der Waals surface area (Å²) >= 11 is 0. The molecule has 0 amide bonds. The molecule has 0 bridgehead atoms. The third kappa shape index (κ3) is 3.04. The monoisotopic (exact) mass is 281 g/mol. The number of hydrogen-bond donors (Lipinski definition) is 1. The van der Waals surface area contributed by atoms with E-state index >= 15 is 0 Å². The molecule has 0 aromatic heterocycles. The van der Waals surface area contributed by atoms with Gasteiger partial charge in [0.2, 0.25) is 0 Å². The van der Waals surface area contributed by atoms with Crippen molar-refractivity contribution in [1.82, 2.24) is 0 Å². The van der Waals surface area contributed by atoms with E-state index in [1.165, 1.54) is 30.3 Å². The van der Waals surface area contributed by atoms with Crippen molar-refractivity contribution >= 4 is 5.69 Å². The summed E-state index contributed by atoms with van der Waals surface area (Å²) in [7, 11) is 0. The predicted octanol–water partition coefficient (Wildman–Crippen LogP) is 3.89. The van der Waals surface area contributed by atoms with Crippen LogP contribution in [0, 0.1) is 12.7 Å². The van der Waals surface area contributed by atoms with E-state index in [0.29, 0.717) is 5.56 Å². The van der Waals surface area contributed by atoms with Gasteiger partial charge in [0.25, 0.3) is 0 Å². The maximum atomic E-state index is 13.9. The molecule has 2 nitrogen and oxygen atoms in total.